The van der Waals surface area contributed by atoms with Gasteiger partial charge in [0.05, 0.1) is 17.8 Å². The fourth-order valence-corrected chi connectivity index (χ4v) is 4.33. The number of ether oxygens (including phenoxy) is 1. The number of nitrogens with zero attached hydrogens (tertiary/aromatic N) is 3. The molecule has 2 N–H and O–H groups in total. The van der Waals surface area contributed by atoms with Crippen molar-refractivity contribution >= 4 is 17.8 Å². The summed E-state index contributed by atoms with van der Waals surface area (Å²) >= 11 is 0. The van der Waals surface area contributed by atoms with Gasteiger partial charge in [0.15, 0.2) is 5.82 Å². The van der Waals surface area contributed by atoms with Crippen molar-refractivity contribution in [2.75, 3.05) is 26.0 Å². The molecule has 1 aliphatic rings. The average Bonchev–Trinajstić information content (AvgIpc) is 3.32. The molecule has 1 atom stereocenters. The van der Waals surface area contributed by atoms with Gasteiger partial charge in [0.2, 0.25) is 0 Å². The lowest BCUT2D eigenvalue weighted by atomic mass is 10.0. The van der Waals surface area contributed by atoms with Gasteiger partial charge in [-0.15, -0.1) is 0 Å². The van der Waals surface area contributed by atoms with Crippen molar-refractivity contribution in [3.05, 3.63) is 82.8 Å². The third-order valence-electron chi connectivity index (χ3n) is 6.17. The van der Waals surface area contributed by atoms with Gasteiger partial charge in [-0.3, -0.25) is 14.8 Å². The fraction of sp³-hybridized carbons (Fsp3) is 0.346. The number of halogens is 1. The van der Waals surface area contributed by atoms with Crippen LogP contribution in [-0.4, -0.2) is 58.7 Å². The van der Waals surface area contributed by atoms with Crippen LogP contribution in [0.15, 0.2) is 54.6 Å². The van der Waals surface area contributed by atoms with Gasteiger partial charge < -0.3 is 15.0 Å². The smallest absolute Gasteiger partial charge is 0.411 e. The minimum Gasteiger partial charge on any atom is -0.444 e. The zero-order valence-electron chi connectivity index (χ0n) is 20.3. The molecule has 0 unspecified atom stereocenters. The highest BCUT2D eigenvalue weighted by atomic mass is 19.1. The van der Waals surface area contributed by atoms with Gasteiger partial charge in [0.25, 0.3) is 5.91 Å². The molecule has 3 aromatic rings. The van der Waals surface area contributed by atoms with Crippen molar-refractivity contribution < 1.29 is 18.7 Å². The quantitative estimate of drug-likeness (QED) is 0.531. The number of H-pyrrole nitrogens is 1. The highest BCUT2D eigenvalue weighted by Gasteiger charge is 2.45. The van der Waals surface area contributed by atoms with Crippen LogP contribution in [0.25, 0.3) is 0 Å². The number of amides is 2. The van der Waals surface area contributed by atoms with Gasteiger partial charge in [-0.05, 0) is 57.8 Å². The topological polar surface area (TPSA) is 90.6 Å². The number of anilines is 1. The van der Waals surface area contributed by atoms with Crippen LogP contribution in [-0.2, 0) is 23.2 Å². The van der Waals surface area contributed by atoms with E-state index >= 15 is 0 Å². The normalized spacial score (nSPS) is 15.1. The van der Waals surface area contributed by atoms with E-state index in [0.717, 1.165) is 16.8 Å². The van der Waals surface area contributed by atoms with Crippen LogP contribution in [0.3, 0.4) is 0 Å². The van der Waals surface area contributed by atoms with Crippen LogP contribution in [0, 0.1) is 5.82 Å². The maximum atomic E-state index is 13.3. The minimum absolute atomic E-state index is 0.233. The van der Waals surface area contributed by atoms with Crippen molar-refractivity contribution in [2.24, 2.45) is 0 Å². The van der Waals surface area contributed by atoms with E-state index in [2.05, 4.69) is 15.5 Å². The van der Waals surface area contributed by atoms with Crippen LogP contribution < -0.4 is 5.32 Å². The van der Waals surface area contributed by atoms with Crippen LogP contribution in [0.5, 0.6) is 0 Å². The Labute approximate surface area is 204 Å². The van der Waals surface area contributed by atoms with E-state index in [1.807, 2.05) is 63.2 Å². The molecular formula is C26H30FN5O3. The maximum Gasteiger partial charge on any atom is 0.411 e. The largest absolute Gasteiger partial charge is 0.444 e. The monoisotopic (exact) mass is 479 g/mol. The lowest BCUT2D eigenvalue weighted by Crippen LogP contribution is -2.44. The van der Waals surface area contributed by atoms with E-state index in [0.29, 0.717) is 24.3 Å². The molecule has 2 heterocycles. The number of carbonyl (C=O) groups is 2. The van der Waals surface area contributed by atoms with Crippen LogP contribution in [0.1, 0.15) is 41.0 Å². The number of likely N-dealkylation sites (N-methyl/N-ethyl adjacent to an activating group) is 1. The second-order valence-corrected chi connectivity index (χ2v) is 9.49. The van der Waals surface area contributed by atoms with Crippen molar-refractivity contribution in [1.29, 1.82) is 0 Å². The van der Waals surface area contributed by atoms with Crippen LogP contribution >= 0.6 is 0 Å². The minimum atomic E-state index is -0.715. The number of rotatable bonds is 7. The Bertz CT molecular complexity index is 1190. The standard InChI is InChI=1S/C26H30FN5O3/c1-26(2)22-21(23(30-29-22)28-24(33)18-10-12-19(27)13-11-18)16-32(26)25(34)35-20(15-31(3)4)14-17-8-6-5-7-9-17/h5-13,20H,14-16H2,1-4H3,(H2,28,29,30,33)/t20-/m0/s1. The number of hydrogen-bond donors (Lipinski definition) is 2. The second-order valence-electron chi connectivity index (χ2n) is 9.49. The summed E-state index contributed by atoms with van der Waals surface area (Å²) < 4.78 is 19.2. The van der Waals surface area contributed by atoms with Crippen LogP contribution in [0.2, 0.25) is 0 Å². The third-order valence-corrected chi connectivity index (χ3v) is 6.17. The Kier molecular flexibility index (Phi) is 6.88. The Morgan fingerprint density at radius 1 is 1.17 bits per heavy atom. The molecule has 184 valence electrons. The van der Waals surface area contributed by atoms with Gasteiger partial charge in [-0.25, -0.2) is 9.18 Å². The predicted molar refractivity (Wildman–Crippen MR) is 130 cm³/mol. The molecule has 0 aliphatic carbocycles. The van der Waals surface area contributed by atoms with E-state index < -0.39 is 23.4 Å². The summed E-state index contributed by atoms with van der Waals surface area (Å²) in [7, 11) is 3.89. The van der Waals surface area contributed by atoms with E-state index in [1.54, 1.807) is 4.90 Å². The van der Waals surface area contributed by atoms with Gasteiger partial charge in [-0.2, -0.15) is 5.10 Å². The third kappa shape index (κ3) is 5.35. The number of benzene rings is 2. The molecule has 9 heteroatoms. The lowest BCUT2D eigenvalue weighted by Gasteiger charge is -2.33. The first-order chi connectivity index (χ1) is 16.6. The summed E-state index contributed by atoms with van der Waals surface area (Å²) in [5, 5.41) is 9.99. The Balaban J connectivity index is 1.48. The summed E-state index contributed by atoms with van der Waals surface area (Å²) in [5.41, 5.74) is 2.14. The molecule has 0 spiro atoms. The van der Waals surface area contributed by atoms with Gasteiger partial charge in [0, 0.05) is 24.1 Å². The molecule has 1 aromatic heterocycles. The number of aromatic nitrogens is 2. The highest BCUT2D eigenvalue weighted by Crippen LogP contribution is 2.41. The van der Waals surface area contributed by atoms with E-state index in [1.165, 1.54) is 24.3 Å². The van der Waals surface area contributed by atoms with E-state index in [9.17, 15) is 14.0 Å². The fourth-order valence-electron chi connectivity index (χ4n) is 4.33. The summed E-state index contributed by atoms with van der Waals surface area (Å²) in [5.74, 6) is -0.489. The Hall–Kier alpha value is -3.72. The van der Waals surface area contributed by atoms with Crippen molar-refractivity contribution in [3.63, 3.8) is 0 Å². The molecule has 2 amide bonds. The summed E-state index contributed by atoms with van der Waals surface area (Å²) in [6.45, 7) is 4.63. The molecule has 35 heavy (non-hydrogen) atoms. The first-order valence-corrected chi connectivity index (χ1v) is 11.5. The van der Waals surface area contributed by atoms with Crippen molar-refractivity contribution in [2.45, 2.75) is 38.5 Å². The Morgan fingerprint density at radius 3 is 2.51 bits per heavy atom. The lowest BCUT2D eigenvalue weighted by molar-refractivity contribution is 0.0268. The first kappa shape index (κ1) is 24.4. The molecule has 0 radical (unpaired) electrons. The Morgan fingerprint density at radius 2 is 1.86 bits per heavy atom. The second kappa shape index (κ2) is 9.87. The van der Waals surface area contributed by atoms with Gasteiger partial charge in [-0.1, -0.05) is 30.3 Å². The molecule has 0 saturated carbocycles. The molecule has 0 saturated heterocycles. The molecule has 0 bridgehead atoms. The summed E-state index contributed by atoms with van der Waals surface area (Å²) in [4.78, 5) is 29.6. The number of aromatic amines is 1. The number of carbonyl (C=O) groups excluding carboxylic acids is 2. The number of hydrogen-bond acceptors (Lipinski definition) is 5. The number of nitrogens with one attached hydrogen (secondary N) is 2. The first-order valence-electron chi connectivity index (χ1n) is 11.5. The van der Waals surface area contributed by atoms with Gasteiger partial charge in [0.1, 0.15) is 11.9 Å². The highest BCUT2D eigenvalue weighted by molar-refractivity contribution is 6.04. The van der Waals surface area contributed by atoms with Crippen molar-refractivity contribution in [3.8, 4) is 0 Å². The van der Waals surface area contributed by atoms with Crippen LogP contribution in [0.4, 0.5) is 15.0 Å². The summed E-state index contributed by atoms with van der Waals surface area (Å²) in [6.07, 6.45) is -0.159. The van der Waals surface area contributed by atoms with E-state index in [4.69, 9.17) is 4.74 Å². The molecule has 0 fully saturated rings. The molecular weight excluding hydrogens is 449 g/mol. The summed E-state index contributed by atoms with van der Waals surface area (Å²) in [6, 6.07) is 15.2. The molecule has 4 rings (SSSR count). The molecule has 1 aliphatic heterocycles. The van der Waals surface area contributed by atoms with E-state index in [-0.39, 0.29) is 12.6 Å². The van der Waals surface area contributed by atoms with Gasteiger partial charge >= 0.3 is 6.09 Å². The molecule has 8 nitrogen and oxygen atoms in total. The van der Waals surface area contributed by atoms with Crippen molar-refractivity contribution in [1.82, 2.24) is 20.0 Å². The molecule has 2 aromatic carbocycles. The maximum absolute atomic E-state index is 13.3. The zero-order chi connectivity index (χ0) is 25.2. The SMILES string of the molecule is CN(C)C[C@H](Cc1ccccc1)OC(=O)N1Cc2c(NC(=O)c3ccc(F)cc3)n[nH]c2C1(C)C. The predicted octanol–water partition coefficient (Wildman–Crippen LogP) is 4.16. The number of fused-ring (bicyclic) bond motifs is 1. The average molecular weight is 480 g/mol. The zero-order valence-corrected chi connectivity index (χ0v) is 20.3.